The predicted octanol–water partition coefficient (Wildman–Crippen LogP) is 4.96. The highest BCUT2D eigenvalue weighted by Gasteiger charge is 2.18. The number of hydrogen-bond acceptors (Lipinski definition) is 3. The van der Waals surface area contributed by atoms with Crippen molar-refractivity contribution in [2.24, 2.45) is 0 Å². The molecular weight excluding hydrogens is 400 g/mol. The van der Waals surface area contributed by atoms with Crippen molar-refractivity contribution in [3.05, 3.63) is 100 Å². The van der Waals surface area contributed by atoms with Crippen molar-refractivity contribution in [2.75, 3.05) is 11.9 Å². The number of anilines is 1. The van der Waals surface area contributed by atoms with Crippen LogP contribution in [0, 0.1) is 0 Å². The molecule has 0 unspecified atom stereocenters. The van der Waals surface area contributed by atoms with Gasteiger partial charge >= 0.3 is 0 Å². The minimum absolute atomic E-state index is 0.232. The monoisotopic (exact) mass is 420 g/mol. The molecule has 0 aliphatic heterocycles. The van der Waals surface area contributed by atoms with Crippen LogP contribution in [0.4, 0.5) is 5.69 Å². The predicted molar refractivity (Wildman–Crippen MR) is 118 cm³/mol. The Bertz CT molecular complexity index is 1080. The fraction of sp³-hybridized carbons (Fsp3) is 0.125. The highest BCUT2D eigenvalue weighted by molar-refractivity contribution is 6.34. The van der Waals surface area contributed by atoms with E-state index in [-0.39, 0.29) is 22.3 Å². The lowest BCUT2D eigenvalue weighted by molar-refractivity contribution is 0.0953. The third kappa shape index (κ3) is 4.93. The van der Waals surface area contributed by atoms with Gasteiger partial charge in [0, 0.05) is 23.4 Å². The molecular formula is C24H21ClN2O3. The van der Waals surface area contributed by atoms with Crippen LogP contribution in [0.25, 0.3) is 0 Å². The summed E-state index contributed by atoms with van der Waals surface area (Å²) in [6.45, 7) is 2.51. The van der Waals surface area contributed by atoms with E-state index in [2.05, 4.69) is 10.6 Å². The number of rotatable bonds is 7. The zero-order valence-electron chi connectivity index (χ0n) is 16.4. The van der Waals surface area contributed by atoms with E-state index >= 15 is 0 Å². The molecule has 0 spiro atoms. The van der Waals surface area contributed by atoms with Gasteiger partial charge in [-0.3, -0.25) is 14.4 Å². The Morgan fingerprint density at radius 3 is 2.13 bits per heavy atom. The number of nitrogens with one attached hydrogen (secondary N) is 2. The van der Waals surface area contributed by atoms with Gasteiger partial charge in [-0.2, -0.15) is 0 Å². The van der Waals surface area contributed by atoms with Gasteiger partial charge in [0.25, 0.3) is 11.8 Å². The van der Waals surface area contributed by atoms with Crippen LogP contribution in [0.3, 0.4) is 0 Å². The molecule has 0 heterocycles. The smallest absolute Gasteiger partial charge is 0.256 e. The van der Waals surface area contributed by atoms with Crippen molar-refractivity contribution in [1.82, 2.24) is 5.32 Å². The van der Waals surface area contributed by atoms with Gasteiger partial charge in [0.1, 0.15) is 0 Å². The molecule has 0 saturated heterocycles. The number of carbonyl (C=O) groups excluding carboxylic acids is 3. The molecule has 5 nitrogen and oxygen atoms in total. The molecule has 30 heavy (non-hydrogen) atoms. The van der Waals surface area contributed by atoms with Crippen molar-refractivity contribution in [2.45, 2.75) is 13.3 Å². The van der Waals surface area contributed by atoms with Gasteiger partial charge < -0.3 is 10.6 Å². The normalized spacial score (nSPS) is 10.3. The maximum absolute atomic E-state index is 12.9. The van der Waals surface area contributed by atoms with Gasteiger partial charge in [0.15, 0.2) is 5.78 Å². The summed E-state index contributed by atoms with van der Waals surface area (Å²) in [6.07, 6.45) is 0.818. The molecule has 0 aromatic heterocycles. The van der Waals surface area contributed by atoms with Crippen LogP contribution in [0.5, 0.6) is 0 Å². The van der Waals surface area contributed by atoms with E-state index in [1.165, 1.54) is 6.07 Å². The van der Waals surface area contributed by atoms with Crippen LogP contribution < -0.4 is 10.6 Å². The Kier molecular flexibility index (Phi) is 6.99. The lowest BCUT2D eigenvalue weighted by Crippen LogP contribution is -2.24. The Hall–Kier alpha value is -3.44. The second-order valence-electron chi connectivity index (χ2n) is 6.65. The number of amides is 2. The molecule has 3 rings (SSSR count). The maximum atomic E-state index is 12.9. The highest BCUT2D eigenvalue weighted by atomic mass is 35.5. The zero-order valence-corrected chi connectivity index (χ0v) is 17.2. The van der Waals surface area contributed by atoms with E-state index in [4.69, 9.17) is 11.6 Å². The van der Waals surface area contributed by atoms with Crippen LogP contribution in [-0.2, 0) is 0 Å². The van der Waals surface area contributed by atoms with Gasteiger partial charge in [0.2, 0.25) is 0 Å². The largest absolute Gasteiger partial charge is 0.352 e. The first-order valence-electron chi connectivity index (χ1n) is 9.59. The van der Waals surface area contributed by atoms with E-state index in [1.807, 2.05) is 13.0 Å². The molecule has 0 atom stereocenters. The Morgan fingerprint density at radius 2 is 1.47 bits per heavy atom. The van der Waals surface area contributed by atoms with Gasteiger partial charge in [-0.05, 0) is 30.7 Å². The summed E-state index contributed by atoms with van der Waals surface area (Å²) in [5, 5.41) is 5.74. The topological polar surface area (TPSA) is 75.3 Å². The molecule has 0 fully saturated rings. The second kappa shape index (κ2) is 9.85. The van der Waals surface area contributed by atoms with Crippen molar-refractivity contribution in [3.63, 3.8) is 0 Å². The minimum Gasteiger partial charge on any atom is -0.352 e. The summed E-state index contributed by atoms with van der Waals surface area (Å²) in [6, 6.07) is 20.1. The van der Waals surface area contributed by atoms with Gasteiger partial charge in [0.05, 0.1) is 16.1 Å². The average Bonchev–Trinajstić information content (AvgIpc) is 2.77. The molecule has 0 radical (unpaired) electrons. The Labute approximate surface area is 180 Å². The fourth-order valence-electron chi connectivity index (χ4n) is 2.93. The number of hydrogen-bond donors (Lipinski definition) is 2. The average molecular weight is 421 g/mol. The van der Waals surface area contributed by atoms with Gasteiger partial charge in [-0.1, -0.05) is 67.1 Å². The maximum Gasteiger partial charge on any atom is 0.256 e. The standard InChI is InChI=1S/C24H21ClN2O3/c1-2-14-26-23(29)20-13-12-17(15-21(20)25)27-24(30)19-11-7-6-10-18(19)22(28)16-8-4-3-5-9-16/h3-13,15H,2,14H2,1H3,(H,26,29)(H,27,30). The fourth-order valence-corrected chi connectivity index (χ4v) is 3.20. The van der Waals surface area contributed by atoms with Crippen molar-refractivity contribution in [1.29, 1.82) is 0 Å². The van der Waals surface area contributed by atoms with Gasteiger partial charge in [-0.15, -0.1) is 0 Å². The number of halogens is 1. The molecule has 2 N–H and O–H groups in total. The Morgan fingerprint density at radius 1 is 0.800 bits per heavy atom. The van der Waals surface area contributed by atoms with E-state index in [1.54, 1.807) is 60.7 Å². The summed E-state index contributed by atoms with van der Waals surface area (Å²) in [4.78, 5) is 37.8. The quantitative estimate of drug-likeness (QED) is 0.530. The summed E-state index contributed by atoms with van der Waals surface area (Å²) in [7, 11) is 0. The molecule has 3 aromatic carbocycles. The lowest BCUT2D eigenvalue weighted by atomic mass is 9.98. The second-order valence-corrected chi connectivity index (χ2v) is 7.05. The number of ketones is 1. The molecule has 0 saturated carbocycles. The lowest BCUT2D eigenvalue weighted by Gasteiger charge is -2.11. The van der Waals surface area contributed by atoms with Crippen LogP contribution >= 0.6 is 11.6 Å². The van der Waals surface area contributed by atoms with E-state index in [9.17, 15) is 14.4 Å². The minimum atomic E-state index is -0.436. The summed E-state index contributed by atoms with van der Waals surface area (Å²) in [5.74, 6) is -0.935. The van der Waals surface area contributed by atoms with Crippen molar-refractivity contribution < 1.29 is 14.4 Å². The van der Waals surface area contributed by atoms with E-state index < -0.39 is 5.91 Å². The van der Waals surface area contributed by atoms with Crippen LogP contribution in [0.15, 0.2) is 72.8 Å². The molecule has 3 aromatic rings. The van der Waals surface area contributed by atoms with Crippen LogP contribution in [0.1, 0.15) is 50.0 Å². The third-order valence-electron chi connectivity index (χ3n) is 4.46. The summed E-state index contributed by atoms with van der Waals surface area (Å²) >= 11 is 6.23. The first-order chi connectivity index (χ1) is 14.5. The third-order valence-corrected chi connectivity index (χ3v) is 4.77. The van der Waals surface area contributed by atoms with E-state index in [0.29, 0.717) is 28.9 Å². The Balaban J connectivity index is 1.81. The molecule has 0 aliphatic rings. The SMILES string of the molecule is CCCNC(=O)c1ccc(NC(=O)c2ccccc2C(=O)c2ccccc2)cc1Cl. The molecule has 152 valence electrons. The summed E-state index contributed by atoms with van der Waals surface area (Å²) in [5.41, 5.74) is 1.83. The molecule has 0 aliphatic carbocycles. The molecule has 6 heteroatoms. The first-order valence-corrected chi connectivity index (χ1v) is 9.97. The number of carbonyl (C=O) groups is 3. The van der Waals surface area contributed by atoms with Crippen molar-refractivity contribution in [3.8, 4) is 0 Å². The molecule has 0 bridgehead atoms. The molecule has 2 amide bonds. The van der Waals surface area contributed by atoms with Crippen molar-refractivity contribution >= 4 is 34.9 Å². The summed E-state index contributed by atoms with van der Waals surface area (Å²) < 4.78 is 0. The van der Waals surface area contributed by atoms with Gasteiger partial charge in [-0.25, -0.2) is 0 Å². The first kappa shape index (κ1) is 21.3. The number of benzene rings is 3. The van der Waals surface area contributed by atoms with E-state index in [0.717, 1.165) is 6.42 Å². The van der Waals surface area contributed by atoms with Crippen LogP contribution in [0.2, 0.25) is 5.02 Å². The zero-order chi connectivity index (χ0) is 21.5. The van der Waals surface area contributed by atoms with Crippen LogP contribution in [-0.4, -0.2) is 24.1 Å². The highest BCUT2D eigenvalue weighted by Crippen LogP contribution is 2.22.